The maximum Gasteiger partial charge on any atom is 0.127 e. The molecule has 1 aliphatic rings. The molecular weight excluding hydrogens is 236 g/mol. The van der Waals surface area contributed by atoms with Gasteiger partial charge in [0.2, 0.25) is 0 Å². The van der Waals surface area contributed by atoms with E-state index in [0.717, 1.165) is 25.0 Å². The van der Waals surface area contributed by atoms with Crippen molar-refractivity contribution in [2.75, 3.05) is 6.54 Å². The average molecular weight is 253 g/mol. The van der Waals surface area contributed by atoms with Crippen molar-refractivity contribution < 1.29 is 8.78 Å². The van der Waals surface area contributed by atoms with Gasteiger partial charge in [-0.05, 0) is 31.0 Å². The largest absolute Gasteiger partial charge is 0.388 e. The van der Waals surface area contributed by atoms with Crippen LogP contribution in [0.2, 0.25) is 0 Å². The highest BCUT2D eigenvalue weighted by Gasteiger charge is 2.29. The summed E-state index contributed by atoms with van der Waals surface area (Å²) in [6.07, 6.45) is 2.62. The average Bonchev–Trinajstić information content (AvgIpc) is 3.12. The smallest absolute Gasteiger partial charge is 0.127 e. The number of hydrogen-bond acceptors (Lipinski definition) is 2. The Hall–Kier alpha value is -1.49. The van der Waals surface area contributed by atoms with Crippen molar-refractivity contribution in [1.82, 2.24) is 4.90 Å². The molecule has 98 valence electrons. The van der Waals surface area contributed by atoms with Gasteiger partial charge in [-0.15, -0.1) is 0 Å². The van der Waals surface area contributed by atoms with Gasteiger partial charge in [-0.2, -0.15) is 0 Å². The van der Waals surface area contributed by atoms with Gasteiger partial charge in [0.15, 0.2) is 0 Å². The summed E-state index contributed by atoms with van der Waals surface area (Å²) in [6.45, 7) is 0.998. The minimum atomic E-state index is -0.422. The van der Waals surface area contributed by atoms with Crippen LogP contribution in [0.25, 0.3) is 0 Å². The molecule has 0 amide bonds. The summed E-state index contributed by atoms with van der Waals surface area (Å²) in [5.41, 5.74) is 5.70. The maximum absolute atomic E-state index is 13.6. The zero-order chi connectivity index (χ0) is 13.1. The lowest BCUT2D eigenvalue weighted by Gasteiger charge is -2.22. The molecule has 0 aliphatic heterocycles. The molecule has 1 saturated carbocycles. The number of amidine groups is 1. The normalized spacial score (nSPS) is 15.1. The molecule has 3 N–H and O–H groups in total. The third-order valence-electron chi connectivity index (χ3n) is 3.11. The molecule has 0 spiro atoms. The van der Waals surface area contributed by atoms with E-state index >= 15 is 0 Å². The Balaban J connectivity index is 2.03. The van der Waals surface area contributed by atoms with Crippen molar-refractivity contribution in [1.29, 1.82) is 5.41 Å². The fraction of sp³-hybridized carbons (Fsp3) is 0.462. The summed E-state index contributed by atoms with van der Waals surface area (Å²) in [5, 5.41) is 7.22. The summed E-state index contributed by atoms with van der Waals surface area (Å²) >= 11 is 0. The fourth-order valence-electron chi connectivity index (χ4n) is 1.98. The number of nitrogens with two attached hydrogens (primary N) is 1. The Bertz CT molecular complexity index is 444. The second-order valence-corrected chi connectivity index (χ2v) is 4.71. The lowest BCUT2D eigenvalue weighted by molar-refractivity contribution is 0.258. The van der Waals surface area contributed by atoms with E-state index in [1.807, 2.05) is 0 Å². The van der Waals surface area contributed by atoms with E-state index in [1.165, 1.54) is 6.07 Å². The van der Waals surface area contributed by atoms with Crippen LogP contribution < -0.4 is 5.73 Å². The molecule has 0 heterocycles. The molecule has 1 aliphatic carbocycles. The Morgan fingerprint density at radius 2 is 2.11 bits per heavy atom. The molecule has 1 fully saturated rings. The number of nitrogens with zero attached hydrogens (tertiary/aromatic N) is 1. The first-order chi connectivity index (χ1) is 8.56. The molecular formula is C13H17F2N3. The second kappa shape index (κ2) is 5.44. The lowest BCUT2D eigenvalue weighted by Crippen LogP contribution is -2.30. The molecule has 0 radical (unpaired) electrons. The number of hydrogen-bond donors (Lipinski definition) is 2. The van der Waals surface area contributed by atoms with Crippen LogP contribution in [0.5, 0.6) is 0 Å². The van der Waals surface area contributed by atoms with Gasteiger partial charge in [-0.3, -0.25) is 10.3 Å². The van der Waals surface area contributed by atoms with Gasteiger partial charge in [0.25, 0.3) is 0 Å². The van der Waals surface area contributed by atoms with Crippen molar-refractivity contribution in [3.63, 3.8) is 0 Å². The zero-order valence-electron chi connectivity index (χ0n) is 10.1. The Labute approximate surface area is 105 Å². The first-order valence-corrected chi connectivity index (χ1v) is 6.07. The van der Waals surface area contributed by atoms with E-state index < -0.39 is 5.82 Å². The summed E-state index contributed by atoms with van der Waals surface area (Å²) in [5.74, 6) is -0.682. The first kappa shape index (κ1) is 13.0. The molecule has 5 heteroatoms. The quantitative estimate of drug-likeness (QED) is 0.603. The Morgan fingerprint density at radius 3 is 2.72 bits per heavy atom. The zero-order valence-corrected chi connectivity index (χ0v) is 10.1. The maximum atomic E-state index is 13.6. The minimum absolute atomic E-state index is 0.125. The Morgan fingerprint density at radius 1 is 1.39 bits per heavy atom. The van der Waals surface area contributed by atoms with E-state index in [1.54, 1.807) is 0 Å². The van der Waals surface area contributed by atoms with Crippen LogP contribution in [0.3, 0.4) is 0 Å². The fourth-order valence-corrected chi connectivity index (χ4v) is 1.98. The van der Waals surface area contributed by atoms with Gasteiger partial charge < -0.3 is 5.73 Å². The first-order valence-electron chi connectivity index (χ1n) is 6.07. The summed E-state index contributed by atoms with van der Waals surface area (Å²) < 4.78 is 26.6. The predicted octanol–water partition coefficient (Wildman–Crippen LogP) is 2.26. The number of halogens is 2. The molecule has 0 saturated heterocycles. The summed E-state index contributed by atoms with van der Waals surface area (Å²) in [6, 6.07) is 3.93. The number of rotatable bonds is 6. The molecule has 2 rings (SSSR count). The van der Waals surface area contributed by atoms with Gasteiger partial charge in [0, 0.05) is 31.1 Å². The molecule has 0 atom stereocenters. The van der Waals surface area contributed by atoms with E-state index in [0.29, 0.717) is 31.1 Å². The van der Waals surface area contributed by atoms with E-state index in [2.05, 4.69) is 4.90 Å². The van der Waals surface area contributed by atoms with Crippen LogP contribution in [-0.2, 0) is 6.54 Å². The van der Waals surface area contributed by atoms with Crippen molar-refractivity contribution in [2.24, 2.45) is 5.73 Å². The van der Waals surface area contributed by atoms with Gasteiger partial charge >= 0.3 is 0 Å². The molecule has 0 aromatic heterocycles. The lowest BCUT2D eigenvalue weighted by atomic mass is 10.2. The Kier molecular flexibility index (Phi) is 3.91. The topological polar surface area (TPSA) is 53.1 Å². The minimum Gasteiger partial charge on any atom is -0.388 e. The van der Waals surface area contributed by atoms with Gasteiger partial charge in [-0.25, -0.2) is 8.78 Å². The van der Waals surface area contributed by atoms with E-state index in [-0.39, 0.29) is 11.7 Å². The third kappa shape index (κ3) is 3.50. The molecule has 0 unspecified atom stereocenters. The van der Waals surface area contributed by atoms with Crippen LogP contribution >= 0.6 is 0 Å². The molecule has 1 aromatic rings. The molecule has 0 bridgehead atoms. The molecule has 3 nitrogen and oxygen atoms in total. The van der Waals surface area contributed by atoms with Crippen LogP contribution in [0.1, 0.15) is 24.8 Å². The van der Waals surface area contributed by atoms with Crippen molar-refractivity contribution in [2.45, 2.75) is 31.8 Å². The van der Waals surface area contributed by atoms with Crippen molar-refractivity contribution >= 4 is 5.84 Å². The van der Waals surface area contributed by atoms with E-state index in [4.69, 9.17) is 11.1 Å². The number of nitrogens with one attached hydrogen (secondary N) is 1. The van der Waals surface area contributed by atoms with Crippen LogP contribution in [0.4, 0.5) is 8.78 Å². The van der Waals surface area contributed by atoms with Crippen LogP contribution in [0.15, 0.2) is 18.2 Å². The predicted molar refractivity (Wildman–Crippen MR) is 66.3 cm³/mol. The van der Waals surface area contributed by atoms with Gasteiger partial charge in [0.05, 0.1) is 5.84 Å². The van der Waals surface area contributed by atoms with Crippen LogP contribution in [0, 0.1) is 17.0 Å². The SMILES string of the molecule is N=C(N)CCN(Cc1cc(F)ccc1F)C1CC1. The monoisotopic (exact) mass is 253 g/mol. The number of benzene rings is 1. The standard InChI is InChI=1S/C13H17F2N3/c14-10-1-4-12(15)9(7-10)8-18(11-2-3-11)6-5-13(16)17/h1,4,7,11H,2-3,5-6,8H2,(H3,16,17). The summed E-state index contributed by atoms with van der Waals surface area (Å²) in [4.78, 5) is 2.07. The highest BCUT2D eigenvalue weighted by Crippen LogP contribution is 2.29. The summed E-state index contributed by atoms with van der Waals surface area (Å²) in [7, 11) is 0. The molecule has 1 aromatic carbocycles. The van der Waals surface area contributed by atoms with Crippen molar-refractivity contribution in [3.05, 3.63) is 35.4 Å². The van der Waals surface area contributed by atoms with Gasteiger partial charge in [0.1, 0.15) is 11.6 Å². The highest BCUT2D eigenvalue weighted by atomic mass is 19.1. The second-order valence-electron chi connectivity index (χ2n) is 4.71. The van der Waals surface area contributed by atoms with Crippen LogP contribution in [-0.4, -0.2) is 23.3 Å². The van der Waals surface area contributed by atoms with Crippen molar-refractivity contribution in [3.8, 4) is 0 Å². The highest BCUT2D eigenvalue weighted by molar-refractivity contribution is 5.76. The molecule has 18 heavy (non-hydrogen) atoms. The van der Waals surface area contributed by atoms with E-state index in [9.17, 15) is 8.78 Å². The van der Waals surface area contributed by atoms with Gasteiger partial charge in [-0.1, -0.05) is 0 Å². The third-order valence-corrected chi connectivity index (χ3v) is 3.11.